The number of rotatable bonds is 7. The molecule has 3 heteroatoms. The predicted molar refractivity (Wildman–Crippen MR) is 81.1 cm³/mol. The van der Waals surface area contributed by atoms with Gasteiger partial charge in [0.2, 0.25) is 5.91 Å². The van der Waals surface area contributed by atoms with Crippen LogP contribution in [0.2, 0.25) is 0 Å². The van der Waals surface area contributed by atoms with Gasteiger partial charge in [0.1, 0.15) is 0 Å². The van der Waals surface area contributed by atoms with Gasteiger partial charge in [-0.25, -0.2) is 0 Å². The standard InChI is InChI=1S/C16H32N2O/c1-5-6-11-17-16(19)13(4)18-15-10-8-7-9-14(15)12(2)3/h12-15,18H,5-11H2,1-4H3,(H,17,19). The van der Waals surface area contributed by atoms with Crippen LogP contribution in [0.15, 0.2) is 0 Å². The Morgan fingerprint density at radius 1 is 1.21 bits per heavy atom. The van der Waals surface area contributed by atoms with Crippen LogP contribution in [-0.2, 0) is 4.79 Å². The van der Waals surface area contributed by atoms with Gasteiger partial charge in [-0.15, -0.1) is 0 Å². The molecule has 0 aromatic carbocycles. The highest BCUT2D eigenvalue weighted by Crippen LogP contribution is 2.30. The Morgan fingerprint density at radius 2 is 1.89 bits per heavy atom. The Labute approximate surface area is 118 Å². The molecule has 1 aliphatic rings. The van der Waals surface area contributed by atoms with Crippen LogP contribution in [0, 0.1) is 11.8 Å². The quantitative estimate of drug-likeness (QED) is 0.697. The molecule has 0 bridgehead atoms. The lowest BCUT2D eigenvalue weighted by Gasteiger charge is -2.36. The summed E-state index contributed by atoms with van der Waals surface area (Å²) in [6.07, 6.45) is 7.36. The summed E-state index contributed by atoms with van der Waals surface area (Å²) in [5.41, 5.74) is 0. The lowest BCUT2D eigenvalue weighted by molar-refractivity contribution is -0.123. The summed E-state index contributed by atoms with van der Waals surface area (Å²) in [7, 11) is 0. The van der Waals surface area contributed by atoms with Gasteiger partial charge in [-0.1, -0.05) is 40.0 Å². The summed E-state index contributed by atoms with van der Waals surface area (Å²) in [6, 6.07) is 0.446. The first-order valence-electron chi connectivity index (χ1n) is 8.10. The monoisotopic (exact) mass is 268 g/mol. The van der Waals surface area contributed by atoms with Gasteiger partial charge >= 0.3 is 0 Å². The van der Waals surface area contributed by atoms with Crippen molar-refractivity contribution in [2.45, 2.75) is 78.3 Å². The molecular weight excluding hydrogens is 236 g/mol. The van der Waals surface area contributed by atoms with Crippen molar-refractivity contribution in [2.75, 3.05) is 6.54 Å². The minimum absolute atomic E-state index is 0.0683. The third kappa shape index (κ3) is 5.52. The summed E-state index contributed by atoms with van der Waals surface area (Å²) < 4.78 is 0. The van der Waals surface area contributed by atoms with Gasteiger partial charge in [-0.05, 0) is 38.0 Å². The van der Waals surface area contributed by atoms with E-state index in [9.17, 15) is 4.79 Å². The van der Waals surface area contributed by atoms with E-state index in [0.717, 1.165) is 25.3 Å². The molecule has 3 atom stereocenters. The third-order valence-electron chi connectivity index (χ3n) is 4.36. The van der Waals surface area contributed by atoms with Crippen molar-refractivity contribution in [1.29, 1.82) is 0 Å². The first-order chi connectivity index (χ1) is 9.06. The topological polar surface area (TPSA) is 41.1 Å². The number of carbonyl (C=O) groups is 1. The molecule has 2 N–H and O–H groups in total. The highest BCUT2D eigenvalue weighted by atomic mass is 16.2. The Bertz CT molecular complexity index is 265. The molecule has 3 nitrogen and oxygen atoms in total. The lowest BCUT2D eigenvalue weighted by Crippen LogP contribution is -2.50. The van der Waals surface area contributed by atoms with Crippen molar-refractivity contribution < 1.29 is 4.79 Å². The minimum atomic E-state index is -0.0683. The highest BCUT2D eigenvalue weighted by molar-refractivity contribution is 5.81. The van der Waals surface area contributed by atoms with Crippen molar-refractivity contribution in [1.82, 2.24) is 10.6 Å². The first-order valence-corrected chi connectivity index (χ1v) is 8.10. The number of amides is 1. The van der Waals surface area contributed by atoms with Gasteiger partial charge in [0.15, 0.2) is 0 Å². The average Bonchev–Trinajstić information content (AvgIpc) is 2.39. The van der Waals surface area contributed by atoms with Gasteiger partial charge in [0.05, 0.1) is 6.04 Å². The van der Waals surface area contributed by atoms with E-state index < -0.39 is 0 Å². The molecule has 1 amide bonds. The lowest BCUT2D eigenvalue weighted by atomic mass is 9.77. The molecule has 0 radical (unpaired) electrons. The fourth-order valence-electron chi connectivity index (χ4n) is 3.10. The summed E-state index contributed by atoms with van der Waals surface area (Å²) >= 11 is 0. The zero-order valence-corrected chi connectivity index (χ0v) is 13.2. The molecule has 3 unspecified atom stereocenters. The maximum absolute atomic E-state index is 12.0. The van der Waals surface area contributed by atoms with Crippen LogP contribution in [0.25, 0.3) is 0 Å². The van der Waals surface area contributed by atoms with E-state index in [1.165, 1.54) is 25.7 Å². The van der Waals surface area contributed by atoms with Crippen molar-refractivity contribution >= 4 is 5.91 Å². The van der Waals surface area contributed by atoms with Crippen LogP contribution in [0.3, 0.4) is 0 Å². The second-order valence-corrected chi connectivity index (χ2v) is 6.33. The van der Waals surface area contributed by atoms with Gasteiger partial charge in [0, 0.05) is 12.6 Å². The summed E-state index contributed by atoms with van der Waals surface area (Å²) in [5, 5.41) is 6.58. The Morgan fingerprint density at radius 3 is 2.53 bits per heavy atom. The van der Waals surface area contributed by atoms with E-state index >= 15 is 0 Å². The molecule has 0 heterocycles. The molecule has 19 heavy (non-hydrogen) atoms. The molecule has 0 aliphatic heterocycles. The zero-order chi connectivity index (χ0) is 14.3. The largest absolute Gasteiger partial charge is 0.355 e. The van der Waals surface area contributed by atoms with Crippen LogP contribution in [0.4, 0.5) is 0 Å². The van der Waals surface area contributed by atoms with Crippen LogP contribution in [0.5, 0.6) is 0 Å². The van der Waals surface area contributed by atoms with Crippen LogP contribution >= 0.6 is 0 Å². The van der Waals surface area contributed by atoms with Crippen molar-refractivity contribution in [2.24, 2.45) is 11.8 Å². The second-order valence-electron chi connectivity index (χ2n) is 6.33. The molecule has 0 aromatic rings. The molecule has 1 rings (SSSR count). The van der Waals surface area contributed by atoms with E-state index in [2.05, 4.69) is 31.4 Å². The Hall–Kier alpha value is -0.570. The molecular formula is C16H32N2O. The number of hydrogen-bond donors (Lipinski definition) is 2. The van der Waals surface area contributed by atoms with Gasteiger partial charge in [-0.2, -0.15) is 0 Å². The van der Waals surface area contributed by atoms with Crippen molar-refractivity contribution in [3.63, 3.8) is 0 Å². The van der Waals surface area contributed by atoms with E-state index in [4.69, 9.17) is 0 Å². The number of unbranched alkanes of at least 4 members (excludes halogenated alkanes) is 1. The summed E-state index contributed by atoms with van der Waals surface area (Å²) in [5.74, 6) is 1.58. The SMILES string of the molecule is CCCCNC(=O)C(C)NC1CCCCC1C(C)C. The van der Waals surface area contributed by atoms with Gasteiger partial charge in [-0.3, -0.25) is 4.79 Å². The number of hydrogen-bond acceptors (Lipinski definition) is 2. The van der Waals surface area contributed by atoms with Crippen LogP contribution in [-0.4, -0.2) is 24.5 Å². The molecule has 112 valence electrons. The Kier molecular flexibility index (Phi) is 7.44. The van der Waals surface area contributed by atoms with E-state index in [1.807, 2.05) is 6.92 Å². The van der Waals surface area contributed by atoms with Gasteiger partial charge < -0.3 is 10.6 Å². The third-order valence-corrected chi connectivity index (χ3v) is 4.36. The van der Waals surface area contributed by atoms with Crippen LogP contribution < -0.4 is 10.6 Å². The zero-order valence-electron chi connectivity index (χ0n) is 13.2. The summed E-state index contributed by atoms with van der Waals surface area (Å²) in [6.45, 7) is 9.54. The minimum Gasteiger partial charge on any atom is -0.355 e. The van der Waals surface area contributed by atoms with Crippen LogP contribution in [0.1, 0.15) is 66.2 Å². The Balaban J connectivity index is 2.40. The molecule has 0 saturated heterocycles. The average molecular weight is 268 g/mol. The van der Waals surface area contributed by atoms with E-state index in [0.29, 0.717) is 12.0 Å². The molecule has 0 aromatic heterocycles. The highest BCUT2D eigenvalue weighted by Gasteiger charge is 2.29. The summed E-state index contributed by atoms with van der Waals surface area (Å²) in [4.78, 5) is 12.0. The number of nitrogens with one attached hydrogen (secondary N) is 2. The molecule has 1 aliphatic carbocycles. The van der Waals surface area contributed by atoms with Crippen molar-refractivity contribution in [3.05, 3.63) is 0 Å². The number of carbonyl (C=O) groups excluding carboxylic acids is 1. The maximum Gasteiger partial charge on any atom is 0.236 e. The maximum atomic E-state index is 12.0. The molecule has 1 saturated carbocycles. The van der Waals surface area contributed by atoms with Gasteiger partial charge in [0.25, 0.3) is 0 Å². The fourth-order valence-corrected chi connectivity index (χ4v) is 3.10. The first kappa shape index (κ1) is 16.5. The molecule has 0 spiro atoms. The smallest absolute Gasteiger partial charge is 0.236 e. The normalized spacial score (nSPS) is 25.3. The predicted octanol–water partition coefficient (Wildman–Crippen LogP) is 3.10. The van der Waals surface area contributed by atoms with Crippen molar-refractivity contribution in [3.8, 4) is 0 Å². The fraction of sp³-hybridized carbons (Fsp3) is 0.938. The second kappa shape index (κ2) is 8.57. The van der Waals surface area contributed by atoms with E-state index in [-0.39, 0.29) is 11.9 Å². The van der Waals surface area contributed by atoms with E-state index in [1.54, 1.807) is 0 Å². The molecule has 1 fully saturated rings.